The van der Waals surface area contributed by atoms with Crippen molar-refractivity contribution in [3.63, 3.8) is 0 Å². The highest BCUT2D eigenvalue weighted by atomic mass is 19.1. The van der Waals surface area contributed by atoms with Gasteiger partial charge in [-0.05, 0) is 69.6 Å². The number of benzene rings is 2. The molecule has 0 aliphatic heterocycles. The van der Waals surface area contributed by atoms with E-state index in [0.717, 1.165) is 46.9 Å². The first-order chi connectivity index (χ1) is 14.9. The van der Waals surface area contributed by atoms with Crippen LogP contribution in [0.25, 0.3) is 16.9 Å². The average molecular weight is 418 g/mol. The summed E-state index contributed by atoms with van der Waals surface area (Å²) >= 11 is 0. The van der Waals surface area contributed by atoms with E-state index in [9.17, 15) is 4.39 Å². The van der Waals surface area contributed by atoms with Crippen LogP contribution in [-0.4, -0.2) is 38.5 Å². The van der Waals surface area contributed by atoms with Crippen LogP contribution in [0.4, 0.5) is 4.39 Å². The lowest BCUT2D eigenvalue weighted by molar-refractivity contribution is 0.331. The number of likely N-dealkylation sites (N-methyl/N-ethyl adjacent to an activating group) is 1. The van der Waals surface area contributed by atoms with Crippen LogP contribution in [-0.2, 0) is 13.0 Å². The summed E-state index contributed by atoms with van der Waals surface area (Å²) in [6, 6.07) is 14.9. The molecule has 0 bridgehead atoms. The zero-order valence-corrected chi connectivity index (χ0v) is 18.5. The van der Waals surface area contributed by atoms with Crippen LogP contribution in [0.15, 0.2) is 54.7 Å². The molecule has 31 heavy (non-hydrogen) atoms. The van der Waals surface area contributed by atoms with Gasteiger partial charge >= 0.3 is 0 Å². The maximum absolute atomic E-state index is 13.9. The minimum Gasteiger partial charge on any atom is -0.302 e. The summed E-state index contributed by atoms with van der Waals surface area (Å²) in [4.78, 5) is 2.27. The van der Waals surface area contributed by atoms with Crippen LogP contribution in [0.5, 0.6) is 0 Å². The Morgan fingerprint density at radius 2 is 1.87 bits per heavy atom. The highest BCUT2D eigenvalue weighted by molar-refractivity contribution is 5.63. The summed E-state index contributed by atoms with van der Waals surface area (Å²) in [5.74, 6) is -0.257. The fourth-order valence-corrected chi connectivity index (χ4v) is 3.92. The molecule has 5 nitrogen and oxygen atoms in total. The summed E-state index contributed by atoms with van der Waals surface area (Å²) in [6.45, 7) is 7.76. The molecule has 0 amide bonds. The predicted molar refractivity (Wildman–Crippen MR) is 122 cm³/mol. The molecule has 160 valence electrons. The topological polar surface area (TPSA) is 49.7 Å². The third-order valence-electron chi connectivity index (χ3n) is 5.62. The maximum Gasteiger partial charge on any atom is 0.123 e. The molecule has 2 aromatic heterocycles. The largest absolute Gasteiger partial charge is 0.302 e. The minimum absolute atomic E-state index is 0.257. The Bertz CT molecular complexity index is 1170. The van der Waals surface area contributed by atoms with Gasteiger partial charge in [-0.1, -0.05) is 24.3 Å². The lowest BCUT2D eigenvalue weighted by atomic mass is 10.1. The second-order valence-electron chi connectivity index (χ2n) is 8.20. The summed E-state index contributed by atoms with van der Waals surface area (Å²) in [6.07, 6.45) is 2.98. The zero-order chi connectivity index (χ0) is 22.0. The van der Waals surface area contributed by atoms with Gasteiger partial charge in [0.05, 0.1) is 17.1 Å². The number of nitrogens with one attached hydrogen (secondary N) is 1. The number of hydrogen-bond acceptors (Lipinski definition) is 3. The molecule has 0 saturated heterocycles. The second-order valence-corrected chi connectivity index (χ2v) is 8.20. The third kappa shape index (κ3) is 4.75. The van der Waals surface area contributed by atoms with Crippen molar-refractivity contribution in [1.29, 1.82) is 0 Å². The monoisotopic (exact) mass is 417 g/mol. The first-order valence-electron chi connectivity index (χ1n) is 10.5. The Kier molecular flexibility index (Phi) is 6.00. The summed E-state index contributed by atoms with van der Waals surface area (Å²) in [5.41, 5.74) is 8.28. The highest BCUT2D eigenvalue weighted by Gasteiger charge is 2.16. The average Bonchev–Trinajstić information content (AvgIpc) is 3.30. The predicted octanol–water partition coefficient (Wildman–Crippen LogP) is 5.00. The van der Waals surface area contributed by atoms with Crippen molar-refractivity contribution >= 4 is 0 Å². The van der Waals surface area contributed by atoms with Gasteiger partial charge in [-0.3, -0.25) is 5.10 Å². The number of halogens is 1. The fourth-order valence-electron chi connectivity index (χ4n) is 3.92. The minimum atomic E-state index is -0.257. The Morgan fingerprint density at radius 1 is 1.06 bits per heavy atom. The molecule has 1 N–H and O–H groups in total. The molecular formula is C25H28FN5. The van der Waals surface area contributed by atoms with E-state index in [0.29, 0.717) is 6.54 Å². The van der Waals surface area contributed by atoms with Crippen molar-refractivity contribution < 1.29 is 4.39 Å². The van der Waals surface area contributed by atoms with Gasteiger partial charge in [-0.15, -0.1) is 0 Å². The van der Waals surface area contributed by atoms with Crippen molar-refractivity contribution in [1.82, 2.24) is 24.9 Å². The molecule has 4 rings (SSSR count). The molecule has 0 fully saturated rings. The third-order valence-corrected chi connectivity index (χ3v) is 5.62. The first-order valence-corrected chi connectivity index (χ1v) is 10.5. The van der Waals surface area contributed by atoms with Crippen molar-refractivity contribution in [2.75, 3.05) is 13.6 Å². The van der Waals surface area contributed by atoms with E-state index in [1.165, 1.54) is 17.2 Å². The summed E-state index contributed by atoms with van der Waals surface area (Å²) < 4.78 is 15.8. The lowest BCUT2D eigenvalue weighted by Gasteiger charge is -2.16. The Balaban J connectivity index is 1.62. The molecule has 0 radical (unpaired) electrons. The number of H-pyrrole nitrogens is 1. The standard InChI is InChI=1S/C25H28FN5/c1-17-7-5-10-23(13-17)31-16-21(25(29-31)20-8-6-9-22(26)14-20)15-30(4)12-11-24-18(2)27-28-19(24)3/h5-10,13-14,16H,11-12,15H2,1-4H3,(H,27,28). The highest BCUT2D eigenvalue weighted by Crippen LogP contribution is 2.26. The molecule has 2 heterocycles. The molecule has 4 aromatic rings. The number of rotatable bonds is 7. The van der Waals surface area contributed by atoms with Crippen LogP contribution in [0.2, 0.25) is 0 Å². The van der Waals surface area contributed by atoms with E-state index >= 15 is 0 Å². The lowest BCUT2D eigenvalue weighted by Crippen LogP contribution is -2.21. The van der Waals surface area contributed by atoms with Gasteiger partial charge in [0.1, 0.15) is 5.82 Å². The quantitative estimate of drug-likeness (QED) is 0.460. The molecule has 6 heteroatoms. The van der Waals surface area contributed by atoms with Gasteiger partial charge in [0.2, 0.25) is 0 Å². The van der Waals surface area contributed by atoms with E-state index in [1.807, 2.05) is 29.8 Å². The van der Waals surface area contributed by atoms with Crippen molar-refractivity contribution in [2.24, 2.45) is 0 Å². The van der Waals surface area contributed by atoms with Gasteiger partial charge in [-0.25, -0.2) is 9.07 Å². The van der Waals surface area contributed by atoms with Crippen molar-refractivity contribution in [2.45, 2.75) is 33.7 Å². The summed E-state index contributed by atoms with van der Waals surface area (Å²) in [7, 11) is 2.10. The maximum atomic E-state index is 13.9. The SMILES string of the molecule is Cc1cccc(-n2cc(CN(C)CCc3c(C)n[nH]c3C)c(-c3cccc(F)c3)n2)c1. The van der Waals surface area contributed by atoms with E-state index in [2.05, 4.69) is 54.3 Å². The smallest absolute Gasteiger partial charge is 0.123 e. The first kappa shape index (κ1) is 21.0. The van der Waals surface area contributed by atoms with Crippen molar-refractivity contribution in [3.8, 4) is 16.9 Å². The van der Waals surface area contributed by atoms with Gasteiger partial charge in [0, 0.05) is 36.1 Å². The second kappa shape index (κ2) is 8.86. The molecule has 0 saturated carbocycles. The van der Waals surface area contributed by atoms with Crippen LogP contribution in [0.1, 0.15) is 28.1 Å². The van der Waals surface area contributed by atoms with Crippen LogP contribution in [0.3, 0.4) is 0 Å². The number of aryl methyl sites for hydroxylation is 3. The zero-order valence-electron chi connectivity index (χ0n) is 18.5. The number of nitrogens with zero attached hydrogens (tertiary/aromatic N) is 4. The van der Waals surface area contributed by atoms with Gasteiger partial charge < -0.3 is 4.90 Å². The normalized spacial score (nSPS) is 11.4. The molecule has 0 unspecified atom stereocenters. The van der Waals surface area contributed by atoms with Crippen molar-refractivity contribution in [3.05, 3.63) is 88.6 Å². The van der Waals surface area contributed by atoms with Gasteiger partial charge in [0.15, 0.2) is 0 Å². The molecule has 0 aliphatic rings. The number of aromatic amines is 1. The molecular weight excluding hydrogens is 389 g/mol. The summed E-state index contributed by atoms with van der Waals surface area (Å²) in [5, 5.41) is 12.2. The molecule has 0 spiro atoms. The molecule has 0 aliphatic carbocycles. The number of aromatic nitrogens is 4. The fraction of sp³-hybridized carbons (Fsp3) is 0.280. The van der Waals surface area contributed by atoms with E-state index in [1.54, 1.807) is 12.1 Å². The molecule has 0 atom stereocenters. The van der Waals surface area contributed by atoms with Gasteiger partial charge in [0.25, 0.3) is 0 Å². The van der Waals surface area contributed by atoms with E-state index < -0.39 is 0 Å². The van der Waals surface area contributed by atoms with E-state index in [4.69, 9.17) is 5.10 Å². The Morgan fingerprint density at radius 3 is 2.58 bits per heavy atom. The Hall–Kier alpha value is -3.25. The van der Waals surface area contributed by atoms with Gasteiger partial charge in [-0.2, -0.15) is 10.2 Å². The van der Waals surface area contributed by atoms with Crippen LogP contribution in [0, 0.1) is 26.6 Å². The van der Waals surface area contributed by atoms with Crippen LogP contribution >= 0.6 is 0 Å². The van der Waals surface area contributed by atoms with E-state index in [-0.39, 0.29) is 5.82 Å². The van der Waals surface area contributed by atoms with Crippen LogP contribution < -0.4 is 0 Å². The Labute approximate surface area is 182 Å². The number of hydrogen-bond donors (Lipinski definition) is 1. The molecule has 2 aromatic carbocycles.